The molecule has 0 heterocycles. The van der Waals surface area contributed by atoms with Crippen molar-refractivity contribution in [3.63, 3.8) is 0 Å². The zero-order valence-corrected chi connectivity index (χ0v) is 10.3. The maximum Gasteiger partial charge on any atom is 0.310 e. The molecule has 86 valence electrons. The van der Waals surface area contributed by atoms with E-state index in [-0.39, 0.29) is 5.97 Å². The van der Waals surface area contributed by atoms with Crippen LogP contribution in [0.3, 0.4) is 0 Å². The van der Waals surface area contributed by atoms with Crippen LogP contribution in [0.2, 0.25) is 0 Å². The maximum absolute atomic E-state index is 10.8. The molecule has 0 fully saturated rings. The molecule has 0 amide bonds. The Balaban J connectivity index is 4.08. The summed E-state index contributed by atoms with van der Waals surface area (Å²) in [6, 6.07) is 0. The van der Waals surface area contributed by atoms with Gasteiger partial charge in [0.2, 0.25) is 0 Å². The molecule has 0 aliphatic carbocycles. The molecule has 0 saturated carbocycles. The van der Waals surface area contributed by atoms with Crippen molar-refractivity contribution in [3.05, 3.63) is 23.5 Å². The van der Waals surface area contributed by atoms with Gasteiger partial charge in [-0.25, -0.2) is 0 Å². The Bertz CT molecular complexity index is 249. The Hall–Kier alpha value is -1.05. The number of hydrogen-bond donors (Lipinski definition) is 0. The Morgan fingerprint density at radius 1 is 1.27 bits per heavy atom. The molecule has 15 heavy (non-hydrogen) atoms. The molecule has 2 heteroatoms. The molecule has 2 nitrogen and oxygen atoms in total. The fourth-order valence-electron chi connectivity index (χ4n) is 1.08. The predicted molar refractivity (Wildman–Crippen MR) is 63.4 cm³/mol. The van der Waals surface area contributed by atoms with E-state index in [0.717, 1.165) is 6.42 Å². The highest BCUT2D eigenvalue weighted by atomic mass is 16.5. The van der Waals surface area contributed by atoms with Crippen LogP contribution in [0.5, 0.6) is 0 Å². The average molecular weight is 210 g/mol. The van der Waals surface area contributed by atoms with Gasteiger partial charge < -0.3 is 4.74 Å². The van der Waals surface area contributed by atoms with E-state index in [2.05, 4.69) is 13.8 Å². The summed E-state index contributed by atoms with van der Waals surface area (Å²) in [6.07, 6.45) is 7.30. The lowest BCUT2D eigenvalue weighted by Gasteiger charge is -2.02. The highest BCUT2D eigenvalue weighted by molar-refractivity contribution is 5.69. The fourth-order valence-corrected chi connectivity index (χ4v) is 1.08. The largest absolute Gasteiger partial charge is 0.434 e. The molecular formula is C13H22O2. The highest BCUT2D eigenvalue weighted by Crippen LogP contribution is 2.12. The van der Waals surface area contributed by atoms with Gasteiger partial charge in [-0.05, 0) is 38.3 Å². The van der Waals surface area contributed by atoms with E-state index in [9.17, 15) is 4.79 Å². The first-order valence-corrected chi connectivity index (χ1v) is 5.64. The molecule has 0 aromatic rings. The summed E-state index contributed by atoms with van der Waals surface area (Å²) < 4.78 is 4.86. The third-order valence-electron chi connectivity index (χ3n) is 2.38. The minimum atomic E-state index is -0.190. The van der Waals surface area contributed by atoms with Crippen molar-refractivity contribution in [2.24, 2.45) is 0 Å². The number of carbonyl (C=O) groups excluding carboxylic acids is 1. The van der Waals surface area contributed by atoms with Gasteiger partial charge in [-0.2, -0.15) is 0 Å². The van der Waals surface area contributed by atoms with Gasteiger partial charge >= 0.3 is 5.97 Å². The topological polar surface area (TPSA) is 26.3 Å². The third kappa shape index (κ3) is 6.95. The van der Waals surface area contributed by atoms with Crippen molar-refractivity contribution in [1.82, 2.24) is 0 Å². The Morgan fingerprint density at radius 3 is 2.47 bits per heavy atom. The predicted octanol–water partition coefficient (Wildman–Crippen LogP) is 3.98. The quantitative estimate of drug-likeness (QED) is 0.376. The molecule has 0 atom stereocenters. The Labute approximate surface area is 93.0 Å². The van der Waals surface area contributed by atoms with Crippen molar-refractivity contribution in [1.29, 1.82) is 0 Å². The van der Waals surface area contributed by atoms with Gasteiger partial charge in [0.05, 0.1) is 6.26 Å². The normalized spacial score (nSPS) is 12.8. The van der Waals surface area contributed by atoms with Crippen LogP contribution < -0.4 is 0 Å². The summed E-state index contributed by atoms with van der Waals surface area (Å²) in [6.45, 7) is 8.13. The van der Waals surface area contributed by atoms with Gasteiger partial charge in [-0.1, -0.05) is 25.8 Å². The molecular weight excluding hydrogens is 188 g/mol. The zero-order chi connectivity index (χ0) is 11.7. The molecule has 0 rings (SSSR count). The molecule has 0 unspecified atom stereocenters. The first-order valence-electron chi connectivity index (χ1n) is 5.64. The number of hydrogen-bond acceptors (Lipinski definition) is 2. The summed E-state index contributed by atoms with van der Waals surface area (Å²) in [5.74, 6) is -0.190. The second kappa shape index (κ2) is 8.27. The molecule has 0 radical (unpaired) electrons. The monoisotopic (exact) mass is 210 g/mol. The number of carbonyl (C=O) groups is 1. The van der Waals surface area contributed by atoms with Crippen LogP contribution in [-0.2, 0) is 9.53 Å². The summed E-state index contributed by atoms with van der Waals surface area (Å²) in [5.41, 5.74) is 2.55. The van der Waals surface area contributed by atoms with Gasteiger partial charge in [-0.15, -0.1) is 0 Å². The van der Waals surface area contributed by atoms with Crippen LogP contribution in [-0.4, -0.2) is 5.97 Å². The van der Waals surface area contributed by atoms with Crippen LogP contribution >= 0.6 is 0 Å². The number of ether oxygens (including phenoxy) is 1. The summed E-state index contributed by atoms with van der Waals surface area (Å²) in [4.78, 5) is 10.8. The molecule has 0 aliphatic heterocycles. The van der Waals surface area contributed by atoms with Gasteiger partial charge in [0.1, 0.15) is 0 Å². The van der Waals surface area contributed by atoms with Gasteiger partial charge in [0, 0.05) is 6.42 Å². The van der Waals surface area contributed by atoms with E-state index >= 15 is 0 Å². The number of esters is 1. The standard InChI is InChI=1S/C13H22O2/c1-5-7-8-11(3)12(4)9-10-15-13(14)6-2/h9-10H,5-8H2,1-4H3/b10-9+,12-11+. The lowest BCUT2D eigenvalue weighted by Crippen LogP contribution is -1.95. The lowest BCUT2D eigenvalue weighted by molar-refractivity contribution is -0.137. The van der Waals surface area contributed by atoms with Gasteiger partial charge in [-0.3, -0.25) is 4.79 Å². The zero-order valence-electron chi connectivity index (χ0n) is 10.3. The van der Waals surface area contributed by atoms with Crippen molar-refractivity contribution < 1.29 is 9.53 Å². The van der Waals surface area contributed by atoms with E-state index in [4.69, 9.17) is 4.74 Å². The van der Waals surface area contributed by atoms with Crippen molar-refractivity contribution in [3.8, 4) is 0 Å². The van der Waals surface area contributed by atoms with E-state index in [1.165, 1.54) is 30.2 Å². The van der Waals surface area contributed by atoms with E-state index in [0.29, 0.717) is 6.42 Å². The van der Waals surface area contributed by atoms with E-state index < -0.39 is 0 Å². The Morgan fingerprint density at radius 2 is 1.93 bits per heavy atom. The molecule has 0 aliphatic rings. The van der Waals surface area contributed by atoms with Crippen molar-refractivity contribution in [2.75, 3.05) is 0 Å². The van der Waals surface area contributed by atoms with Crippen LogP contribution in [0.25, 0.3) is 0 Å². The molecule has 0 spiro atoms. The minimum Gasteiger partial charge on any atom is -0.434 e. The van der Waals surface area contributed by atoms with Crippen LogP contribution in [0, 0.1) is 0 Å². The molecule has 0 aromatic carbocycles. The summed E-state index contributed by atoms with van der Waals surface area (Å²) in [7, 11) is 0. The van der Waals surface area contributed by atoms with Crippen LogP contribution in [0.15, 0.2) is 23.5 Å². The lowest BCUT2D eigenvalue weighted by atomic mass is 10.1. The fraction of sp³-hybridized carbons (Fsp3) is 0.615. The molecule has 0 bridgehead atoms. The smallest absolute Gasteiger partial charge is 0.310 e. The van der Waals surface area contributed by atoms with Gasteiger partial charge in [0.25, 0.3) is 0 Å². The SMILES string of the molecule is CCCC/C(C)=C(C)/C=C/OC(=O)CC. The van der Waals surface area contributed by atoms with E-state index in [1.54, 1.807) is 6.92 Å². The van der Waals surface area contributed by atoms with Crippen LogP contribution in [0.1, 0.15) is 53.4 Å². The summed E-state index contributed by atoms with van der Waals surface area (Å²) in [5, 5.41) is 0. The van der Waals surface area contributed by atoms with E-state index in [1.807, 2.05) is 13.0 Å². The average Bonchev–Trinajstić information content (AvgIpc) is 2.25. The molecule has 0 saturated heterocycles. The molecule has 0 aromatic heterocycles. The third-order valence-corrected chi connectivity index (χ3v) is 2.38. The first kappa shape index (κ1) is 13.9. The van der Waals surface area contributed by atoms with Crippen molar-refractivity contribution in [2.45, 2.75) is 53.4 Å². The highest BCUT2D eigenvalue weighted by Gasteiger charge is 1.95. The van der Waals surface area contributed by atoms with Gasteiger partial charge in [0.15, 0.2) is 0 Å². The second-order valence-corrected chi connectivity index (χ2v) is 3.71. The minimum absolute atomic E-state index is 0.190. The van der Waals surface area contributed by atoms with Crippen LogP contribution in [0.4, 0.5) is 0 Å². The number of allylic oxidation sites excluding steroid dienone is 3. The number of unbranched alkanes of at least 4 members (excludes halogenated alkanes) is 1. The maximum atomic E-state index is 10.8. The second-order valence-electron chi connectivity index (χ2n) is 3.71. The van der Waals surface area contributed by atoms with Crippen molar-refractivity contribution >= 4 is 5.97 Å². The Kier molecular flexibility index (Phi) is 7.69. The first-order chi connectivity index (χ1) is 7.11. The number of rotatable bonds is 6. The summed E-state index contributed by atoms with van der Waals surface area (Å²) >= 11 is 0. The molecule has 0 N–H and O–H groups in total.